The molecule has 6 atom stereocenters. The van der Waals surface area contributed by atoms with Gasteiger partial charge in [-0.2, -0.15) is 0 Å². The number of carbonyl (C=O) groups is 6. The van der Waals surface area contributed by atoms with Crippen molar-refractivity contribution in [3.8, 4) is 5.75 Å². The van der Waals surface area contributed by atoms with Crippen LogP contribution < -0.4 is 27.0 Å². The molecule has 0 unspecified atom stereocenters. The molecule has 1 aliphatic heterocycles. The number of carbonyl (C=O) groups excluding carboxylic acids is 5. The van der Waals surface area contributed by atoms with Crippen LogP contribution in [-0.4, -0.2) is 102 Å². The number of nitrogens with two attached hydrogens (primary N) is 1. The van der Waals surface area contributed by atoms with E-state index in [1.54, 1.807) is 63.2 Å². The van der Waals surface area contributed by atoms with E-state index in [1.165, 1.54) is 27.9 Å². The predicted molar refractivity (Wildman–Crippen MR) is 195 cm³/mol. The lowest BCUT2D eigenvalue weighted by atomic mass is 9.96. The van der Waals surface area contributed by atoms with E-state index in [0.29, 0.717) is 23.2 Å². The second-order valence-electron chi connectivity index (χ2n) is 13.9. The molecule has 3 aromatic rings. The van der Waals surface area contributed by atoms with Gasteiger partial charge in [-0.15, -0.1) is 5.10 Å². The van der Waals surface area contributed by atoms with Crippen LogP contribution in [0.4, 0.5) is 0 Å². The van der Waals surface area contributed by atoms with Crippen LogP contribution >= 0.6 is 0 Å². The second kappa shape index (κ2) is 18.8. The molecule has 4 rings (SSSR count). The molecule has 290 valence electrons. The topological polar surface area (TPSA) is 251 Å². The van der Waals surface area contributed by atoms with Crippen molar-refractivity contribution in [2.75, 3.05) is 6.54 Å². The quantitative estimate of drug-likeness (QED) is 0.0958. The van der Waals surface area contributed by atoms with Gasteiger partial charge in [0.2, 0.25) is 29.5 Å². The molecule has 5 amide bonds. The number of phenolic OH excluding ortho intramolecular Hbond substituents is 1. The van der Waals surface area contributed by atoms with Crippen molar-refractivity contribution < 1.29 is 39.0 Å². The minimum Gasteiger partial charge on any atom is -0.508 e. The highest BCUT2D eigenvalue weighted by atomic mass is 16.4. The van der Waals surface area contributed by atoms with Gasteiger partial charge >= 0.3 is 5.97 Å². The van der Waals surface area contributed by atoms with Crippen molar-refractivity contribution in [3.05, 3.63) is 77.6 Å². The van der Waals surface area contributed by atoms with Crippen LogP contribution in [0.3, 0.4) is 0 Å². The highest BCUT2D eigenvalue weighted by Crippen LogP contribution is 2.16. The number of aromatic nitrogens is 3. The van der Waals surface area contributed by atoms with Crippen molar-refractivity contribution in [3.63, 3.8) is 0 Å². The number of aromatic hydroxyl groups is 1. The van der Waals surface area contributed by atoms with Gasteiger partial charge in [-0.1, -0.05) is 81.8 Å². The minimum atomic E-state index is -1.26. The SMILES string of the molecule is CC[C@H](C)[C@H](NC(=O)[C@H](Cc1ccc(O)cc1)NC(=O)[C@@H](N)C(C)C)C(=O)N[C@H]1Cn2nncc2CN(CC(=O)N[C@@H](Cc2ccccc2)C(=O)O)C1=O. The number of amides is 5. The van der Waals surface area contributed by atoms with E-state index in [9.17, 15) is 39.0 Å². The molecule has 0 bridgehead atoms. The third-order valence-electron chi connectivity index (χ3n) is 9.41. The first kappa shape index (κ1) is 40.9. The van der Waals surface area contributed by atoms with Crippen LogP contribution in [-0.2, 0) is 54.7 Å². The number of hydrogen-bond donors (Lipinski definition) is 7. The zero-order chi connectivity index (χ0) is 39.5. The number of phenols is 1. The summed E-state index contributed by atoms with van der Waals surface area (Å²) in [6, 6.07) is 9.20. The number of fused-ring (bicyclic) bond motifs is 1. The van der Waals surface area contributed by atoms with Crippen LogP contribution in [0.2, 0.25) is 0 Å². The lowest BCUT2D eigenvalue weighted by molar-refractivity contribution is -0.143. The van der Waals surface area contributed by atoms with Crippen LogP contribution in [0, 0.1) is 11.8 Å². The molecule has 0 spiro atoms. The van der Waals surface area contributed by atoms with Crippen LogP contribution in [0.15, 0.2) is 60.8 Å². The van der Waals surface area contributed by atoms with Gasteiger partial charge in [-0.05, 0) is 35.1 Å². The number of hydrogen-bond acceptors (Lipinski definition) is 10. The molecule has 17 heteroatoms. The third kappa shape index (κ3) is 11.1. The fraction of sp³-hybridized carbons (Fsp3) is 0.459. The second-order valence-corrected chi connectivity index (χ2v) is 13.9. The zero-order valence-electron chi connectivity index (χ0n) is 30.8. The normalized spacial score (nSPS) is 16.9. The van der Waals surface area contributed by atoms with Crippen molar-refractivity contribution in [2.24, 2.45) is 17.6 Å². The standard InChI is InChI=1S/C37H49N9O8/c1-5-22(4)32(43-33(49)27(41-34(50)31(38)21(2)3)15-24-11-13-26(47)14-12-24)35(51)42-29-19-46-25(17-39-44-46)18-45(36(29)52)20-30(48)40-28(37(53)54)16-23-9-7-6-8-10-23/h6-14,17,21-22,27-29,31-32,47H,5,15-16,18-20,38H2,1-4H3,(H,40,48)(H,41,50)(H,42,51)(H,43,49)(H,53,54)/t22-,27-,28-,29-,31-,32-/m0/s1. The molecule has 0 radical (unpaired) electrons. The zero-order valence-corrected chi connectivity index (χ0v) is 30.8. The average molecular weight is 748 g/mol. The van der Waals surface area contributed by atoms with Crippen molar-refractivity contribution in [1.29, 1.82) is 0 Å². The number of nitrogens with zero attached hydrogens (tertiary/aromatic N) is 4. The first-order valence-corrected chi connectivity index (χ1v) is 17.8. The highest BCUT2D eigenvalue weighted by molar-refractivity contribution is 5.96. The fourth-order valence-electron chi connectivity index (χ4n) is 5.87. The van der Waals surface area contributed by atoms with Gasteiger partial charge in [0, 0.05) is 12.8 Å². The molecule has 2 aromatic carbocycles. The molecular formula is C37H49N9O8. The first-order valence-electron chi connectivity index (χ1n) is 17.8. The molecule has 54 heavy (non-hydrogen) atoms. The monoisotopic (exact) mass is 747 g/mol. The number of nitrogens with one attached hydrogen (secondary N) is 4. The van der Waals surface area contributed by atoms with Crippen LogP contribution in [0.25, 0.3) is 0 Å². The minimum absolute atomic E-state index is 0.0249. The maximum absolute atomic E-state index is 14.0. The number of carboxylic acid groups (broad SMARTS) is 1. The summed E-state index contributed by atoms with van der Waals surface area (Å²) in [5, 5.41) is 38.1. The number of benzene rings is 2. The number of carboxylic acids is 1. The molecule has 0 saturated carbocycles. The maximum atomic E-state index is 14.0. The van der Waals surface area contributed by atoms with E-state index in [1.807, 2.05) is 6.92 Å². The third-order valence-corrected chi connectivity index (χ3v) is 9.41. The Morgan fingerprint density at radius 2 is 1.54 bits per heavy atom. The Bertz CT molecular complexity index is 1780. The molecule has 0 aliphatic carbocycles. The van der Waals surface area contributed by atoms with Gasteiger partial charge in [0.05, 0.1) is 31.0 Å². The average Bonchev–Trinajstić information content (AvgIpc) is 3.54. The Morgan fingerprint density at radius 1 is 0.889 bits per heavy atom. The van der Waals surface area contributed by atoms with Crippen molar-refractivity contribution in [2.45, 2.75) is 90.3 Å². The summed E-state index contributed by atoms with van der Waals surface area (Å²) in [5.74, 6) is -5.13. The van der Waals surface area contributed by atoms with Gasteiger partial charge in [-0.3, -0.25) is 24.0 Å². The van der Waals surface area contributed by atoms with Gasteiger partial charge in [0.25, 0.3) is 0 Å². The van der Waals surface area contributed by atoms with Crippen molar-refractivity contribution in [1.82, 2.24) is 41.2 Å². The van der Waals surface area contributed by atoms with Gasteiger partial charge in [-0.25, -0.2) is 9.48 Å². The van der Waals surface area contributed by atoms with E-state index >= 15 is 0 Å². The fourth-order valence-corrected chi connectivity index (χ4v) is 5.87. The van der Waals surface area contributed by atoms with Crippen molar-refractivity contribution >= 4 is 35.5 Å². The Kier molecular flexibility index (Phi) is 14.2. The Hall–Kier alpha value is -5.84. The Morgan fingerprint density at radius 3 is 2.17 bits per heavy atom. The van der Waals surface area contributed by atoms with E-state index < -0.39 is 78.2 Å². The summed E-state index contributed by atoms with van der Waals surface area (Å²) < 4.78 is 1.42. The highest BCUT2D eigenvalue weighted by Gasteiger charge is 2.37. The van der Waals surface area contributed by atoms with Gasteiger partial charge in [0.15, 0.2) is 0 Å². The lowest BCUT2D eigenvalue weighted by Gasteiger charge is -2.29. The van der Waals surface area contributed by atoms with Gasteiger partial charge < -0.3 is 42.1 Å². The van der Waals surface area contributed by atoms with E-state index in [-0.39, 0.29) is 37.6 Å². The molecule has 8 N–H and O–H groups in total. The summed E-state index contributed by atoms with van der Waals surface area (Å²) in [7, 11) is 0. The lowest BCUT2D eigenvalue weighted by Crippen LogP contribution is -2.60. The molecular weight excluding hydrogens is 698 g/mol. The summed E-state index contributed by atoms with van der Waals surface area (Å²) in [5.41, 5.74) is 7.87. The largest absolute Gasteiger partial charge is 0.508 e. The van der Waals surface area contributed by atoms with Gasteiger partial charge in [0.1, 0.15) is 36.5 Å². The number of rotatable bonds is 17. The summed E-state index contributed by atoms with van der Waals surface area (Å²) in [4.78, 5) is 81.2. The summed E-state index contributed by atoms with van der Waals surface area (Å²) in [6.07, 6.45) is 1.93. The molecule has 0 fully saturated rings. The molecule has 17 nitrogen and oxygen atoms in total. The van der Waals surface area contributed by atoms with E-state index in [4.69, 9.17) is 5.73 Å². The maximum Gasteiger partial charge on any atom is 0.326 e. The summed E-state index contributed by atoms with van der Waals surface area (Å²) in [6.45, 7) is 6.38. The number of aliphatic carboxylic acids is 1. The molecule has 1 aromatic heterocycles. The molecule has 1 aliphatic rings. The smallest absolute Gasteiger partial charge is 0.326 e. The molecule has 0 saturated heterocycles. The van der Waals surface area contributed by atoms with E-state index in [2.05, 4.69) is 31.6 Å². The summed E-state index contributed by atoms with van der Waals surface area (Å²) >= 11 is 0. The molecule has 2 heterocycles. The Labute approximate surface area is 313 Å². The van der Waals surface area contributed by atoms with Crippen LogP contribution in [0.5, 0.6) is 5.75 Å². The Balaban J connectivity index is 1.52. The van der Waals surface area contributed by atoms with E-state index in [0.717, 1.165) is 0 Å². The predicted octanol–water partition coefficient (Wildman–Crippen LogP) is -0.135. The first-order chi connectivity index (χ1) is 25.7. The van der Waals surface area contributed by atoms with Crippen LogP contribution in [0.1, 0.15) is 50.9 Å².